The number of rotatable bonds is 0. The molecule has 3 aromatic carbocycles. The van der Waals surface area contributed by atoms with Gasteiger partial charge in [0, 0.05) is 40.5 Å². The topological polar surface area (TPSA) is 21.9 Å². The Morgan fingerprint density at radius 1 is 0.676 bits per heavy atom. The van der Waals surface area contributed by atoms with E-state index in [9.17, 15) is 0 Å². The lowest BCUT2D eigenvalue weighted by Crippen LogP contribution is -2.76. The van der Waals surface area contributed by atoms with E-state index in [1.807, 2.05) is 0 Å². The number of hydrogen-bond acceptors (Lipinski definition) is 1. The maximum atomic E-state index is 6.68. The van der Waals surface area contributed by atoms with Gasteiger partial charge in [0.2, 0.25) is 5.69 Å². The highest BCUT2D eigenvalue weighted by molar-refractivity contribution is 6.13. The van der Waals surface area contributed by atoms with Gasteiger partial charge in [-0.2, -0.15) is 9.13 Å². The van der Waals surface area contributed by atoms with Crippen LogP contribution in [0.25, 0.3) is 38.9 Å². The normalized spacial score (nSPS) is 18.8. The number of pyridine rings is 2. The second-order valence-corrected chi connectivity index (χ2v) is 9.80. The summed E-state index contributed by atoms with van der Waals surface area (Å²) in [7, 11) is 0. The summed E-state index contributed by atoms with van der Waals surface area (Å²) in [5, 5.41) is 2.62. The lowest BCUT2D eigenvalue weighted by atomic mass is 9.83. The Balaban J connectivity index is 1.59. The minimum atomic E-state index is -0.525. The van der Waals surface area contributed by atoms with Crippen LogP contribution < -0.4 is 13.9 Å². The van der Waals surface area contributed by atoms with Crippen molar-refractivity contribution in [3.05, 3.63) is 114 Å². The number of benzene rings is 3. The molecular weight excluding hydrogens is 418 g/mol. The molecule has 4 heteroatoms. The smallest absolute Gasteiger partial charge is 0.374 e. The van der Waals surface area contributed by atoms with Gasteiger partial charge >= 0.3 is 5.66 Å². The van der Waals surface area contributed by atoms with Gasteiger partial charge in [-0.3, -0.25) is 0 Å². The molecular formula is C30H17N3O+2. The molecule has 7 heterocycles. The number of ether oxygens (including phenoxy) is 1. The quantitative estimate of drug-likeness (QED) is 0.309. The zero-order valence-corrected chi connectivity index (χ0v) is 18.1. The van der Waals surface area contributed by atoms with E-state index in [-0.39, 0.29) is 0 Å². The van der Waals surface area contributed by atoms with Crippen LogP contribution in [0.5, 0.6) is 11.5 Å². The fraction of sp³-hybridized carbons (Fsp3) is 0.0667. The van der Waals surface area contributed by atoms with Gasteiger partial charge in [-0.05, 0) is 48.5 Å². The van der Waals surface area contributed by atoms with Gasteiger partial charge in [-0.25, -0.2) is 0 Å². The van der Waals surface area contributed by atoms with Crippen LogP contribution in [-0.4, -0.2) is 4.57 Å². The molecule has 34 heavy (non-hydrogen) atoms. The van der Waals surface area contributed by atoms with Crippen molar-refractivity contribution < 1.29 is 13.9 Å². The first-order chi connectivity index (χ1) is 16.9. The van der Waals surface area contributed by atoms with Crippen LogP contribution in [-0.2, 0) is 12.1 Å². The van der Waals surface area contributed by atoms with E-state index in [0.717, 1.165) is 17.9 Å². The molecule has 0 radical (unpaired) electrons. The predicted octanol–water partition coefficient (Wildman–Crippen LogP) is 4.96. The minimum absolute atomic E-state index is 0.525. The number of hydrogen-bond donors (Lipinski definition) is 0. The maximum Gasteiger partial charge on any atom is 0.374 e. The zero-order valence-electron chi connectivity index (χ0n) is 18.1. The van der Waals surface area contributed by atoms with E-state index in [2.05, 4.69) is 105 Å². The molecule has 1 atom stereocenters. The number of nitrogens with zero attached hydrogens (tertiary/aromatic N) is 3. The lowest BCUT2D eigenvalue weighted by molar-refractivity contribution is -0.961. The fourth-order valence-corrected chi connectivity index (χ4v) is 7.36. The molecule has 1 spiro atoms. The Bertz CT molecular complexity index is 1980. The molecule has 0 fully saturated rings. The molecule has 1 unspecified atom stereocenters. The van der Waals surface area contributed by atoms with Gasteiger partial charge in [0.1, 0.15) is 22.6 Å². The molecule has 4 aliphatic rings. The van der Waals surface area contributed by atoms with Crippen molar-refractivity contribution in [2.75, 3.05) is 0 Å². The molecule has 3 aromatic heterocycles. The Labute approximate surface area is 194 Å². The van der Waals surface area contributed by atoms with Crippen molar-refractivity contribution in [2.45, 2.75) is 12.1 Å². The number of fused-ring (bicyclic) bond motifs is 3. The van der Waals surface area contributed by atoms with E-state index in [1.54, 1.807) is 0 Å². The van der Waals surface area contributed by atoms with Crippen molar-refractivity contribution in [2.24, 2.45) is 0 Å². The molecule has 4 aliphatic heterocycles. The largest absolute Gasteiger partial charge is 0.456 e. The fourth-order valence-electron chi connectivity index (χ4n) is 7.36. The monoisotopic (exact) mass is 435 g/mol. The molecule has 0 N–H and O–H groups in total. The molecule has 0 amide bonds. The first-order valence-electron chi connectivity index (χ1n) is 11.8. The van der Waals surface area contributed by atoms with Crippen molar-refractivity contribution in [3.63, 3.8) is 0 Å². The minimum Gasteiger partial charge on any atom is -0.456 e. The Hall–Kier alpha value is -4.44. The molecule has 0 saturated carbocycles. The third-order valence-corrected chi connectivity index (χ3v) is 8.41. The van der Waals surface area contributed by atoms with E-state index >= 15 is 0 Å². The van der Waals surface area contributed by atoms with Crippen molar-refractivity contribution in [1.29, 1.82) is 0 Å². The molecule has 10 rings (SSSR count). The molecule has 6 aromatic rings. The summed E-state index contributed by atoms with van der Waals surface area (Å²) in [5.41, 5.74) is 9.77. The van der Waals surface area contributed by atoms with Crippen LogP contribution in [0.2, 0.25) is 0 Å². The second kappa shape index (κ2) is 4.90. The van der Waals surface area contributed by atoms with Crippen LogP contribution in [0, 0.1) is 0 Å². The molecule has 0 aliphatic carbocycles. The van der Waals surface area contributed by atoms with Gasteiger partial charge in [-0.1, -0.05) is 18.2 Å². The third kappa shape index (κ3) is 1.41. The standard InChI is InChI=1S/C30H17N3O/c1-2-14-31-22(10-1)21-9-4-11-23-25(21)30(31)26-24(34-23)13-12-20-19-8-3-6-17-16-18-7-5-15-32(30)29(18)33(27(17)19)28(20)26/h1-15H,16H2/q+2. The average molecular weight is 435 g/mol. The van der Waals surface area contributed by atoms with Gasteiger partial charge < -0.3 is 4.74 Å². The molecule has 156 valence electrons. The zero-order chi connectivity index (χ0) is 21.8. The molecule has 0 bridgehead atoms. The summed E-state index contributed by atoms with van der Waals surface area (Å²) in [6.07, 6.45) is 5.45. The van der Waals surface area contributed by atoms with Crippen molar-refractivity contribution in [1.82, 2.24) is 4.57 Å². The Morgan fingerprint density at radius 2 is 1.53 bits per heavy atom. The first-order valence-corrected chi connectivity index (χ1v) is 11.8. The highest BCUT2D eigenvalue weighted by atomic mass is 16.5. The Morgan fingerprint density at radius 3 is 2.53 bits per heavy atom. The Kier molecular flexibility index (Phi) is 2.34. The molecule has 0 saturated heterocycles. The van der Waals surface area contributed by atoms with Crippen LogP contribution in [0.15, 0.2) is 91.3 Å². The average Bonchev–Trinajstić information content (AvgIpc) is 3.38. The number of aromatic nitrogens is 3. The first kappa shape index (κ1) is 16.2. The number of para-hydroxylation sites is 1. The van der Waals surface area contributed by atoms with Gasteiger partial charge in [0.15, 0.2) is 17.3 Å². The van der Waals surface area contributed by atoms with E-state index in [0.29, 0.717) is 0 Å². The lowest BCUT2D eigenvalue weighted by Gasteiger charge is -2.35. The van der Waals surface area contributed by atoms with Crippen molar-refractivity contribution >= 4 is 21.8 Å². The summed E-state index contributed by atoms with van der Waals surface area (Å²) in [5.74, 6) is 3.16. The summed E-state index contributed by atoms with van der Waals surface area (Å²) < 4.78 is 14.2. The summed E-state index contributed by atoms with van der Waals surface area (Å²) in [4.78, 5) is 0. The summed E-state index contributed by atoms with van der Waals surface area (Å²) >= 11 is 0. The predicted molar refractivity (Wildman–Crippen MR) is 128 cm³/mol. The van der Waals surface area contributed by atoms with Crippen LogP contribution >= 0.6 is 0 Å². The SMILES string of the molecule is c1cc2c3c(c1)-c1cccc[n+]1C31c3c(ccc4c5cccc6c5n(c34)-c3c(ccc[n+]31)C6)O2. The summed E-state index contributed by atoms with van der Waals surface area (Å²) in [6.45, 7) is 0. The van der Waals surface area contributed by atoms with E-state index in [1.165, 1.54) is 61.1 Å². The van der Waals surface area contributed by atoms with Gasteiger partial charge in [-0.15, -0.1) is 4.57 Å². The van der Waals surface area contributed by atoms with Crippen molar-refractivity contribution in [3.8, 4) is 28.6 Å². The van der Waals surface area contributed by atoms with Crippen LogP contribution in [0.3, 0.4) is 0 Å². The highest BCUT2D eigenvalue weighted by Crippen LogP contribution is 2.57. The summed E-state index contributed by atoms with van der Waals surface area (Å²) in [6, 6.07) is 28.7. The van der Waals surface area contributed by atoms with Gasteiger partial charge in [0.25, 0.3) is 5.82 Å². The van der Waals surface area contributed by atoms with E-state index in [4.69, 9.17) is 4.74 Å². The van der Waals surface area contributed by atoms with Crippen LogP contribution in [0.4, 0.5) is 0 Å². The van der Waals surface area contributed by atoms with Gasteiger partial charge in [0.05, 0.1) is 11.8 Å². The third-order valence-electron chi connectivity index (χ3n) is 8.41. The molecule has 4 nitrogen and oxygen atoms in total. The van der Waals surface area contributed by atoms with Crippen LogP contribution in [0.1, 0.15) is 22.3 Å². The highest BCUT2D eigenvalue weighted by Gasteiger charge is 2.67. The second-order valence-electron chi connectivity index (χ2n) is 9.80. The van der Waals surface area contributed by atoms with E-state index < -0.39 is 5.66 Å². The maximum absolute atomic E-state index is 6.68.